The van der Waals surface area contributed by atoms with Crippen LogP contribution in [0.2, 0.25) is 0 Å². The van der Waals surface area contributed by atoms with E-state index in [2.05, 4.69) is 38.8 Å². The third-order valence-corrected chi connectivity index (χ3v) is 3.86. The van der Waals surface area contributed by atoms with E-state index in [1.807, 2.05) is 18.2 Å². The molecular formula is C11H10BrN3OS. The van der Waals surface area contributed by atoms with Gasteiger partial charge >= 0.3 is 0 Å². The lowest BCUT2D eigenvalue weighted by molar-refractivity contribution is -0.117. The number of aromatic amines is 1. The van der Waals surface area contributed by atoms with E-state index in [1.54, 1.807) is 4.90 Å². The van der Waals surface area contributed by atoms with Gasteiger partial charge in [-0.15, -0.1) is 0 Å². The number of hydrogen-bond donors (Lipinski definition) is 2. The molecule has 1 aliphatic rings. The molecule has 0 radical (unpaired) electrons. The Hall–Kier alpha value is -1.01. The molecule has 0 spiro atoms. The minimum absolute atomic E-state index is 0.129. The quantitative estimate of drug-likeness (QED) is 0.794. The van der Waals surface area contributed by atoms with E-state index in [-0.39, 0.29) is 11.2 Å². The van der Waals surface area contributed by atoms with Gasteiger partial charge < -0.3 is 4.90 Å². The minimum Gasteiger partial charge on any atom is -0.311 e. The molecule has 4 nitrogen and oxygen atoms in total. The summed E-state index contributed by atoms with van der Waals surface area (Å²) < 4.78 is 0.836. The number of carbonyl (C=O) groups excluding carboxylic acids is 1. The summed E-state index contributed by atoms with van der Waals surface area (Å²) in [7, 11) is 0. The van der Waals surface area contributed by atoms with Crippen LogP contribution in [-0.4, -0.2) is 27.9 Å². The molecule has 17 heavy (non-hydrogen) atoms. The topological polar surface area (TPSA) is 49.0 Å². The van der Waals surface area contributed by atoms with E-state index < -0.39 is 0 Å². The van der Waals surface area contributed by atoms with E-state index in [1.165, 1.54) is 0 Å². The van der Waals surface area contributed by atoms with Gasteiger partial charge in [-0.1, -0.05) is 0 Å². The Balaban J connectivity index is 2.06. The zero-order chi connectivity index (χ0) is 12.0. The third kappa shape index (κ3) is 1.85. The number of halogens is 1. The molecule has 0 bridgehead atoms. The van der Waals surface area contributed by atoms with Gasteiger partial charge in [0.25, 0.3) is 0 Å². The molecule has 88 valence electrons. The highest BCUT2D eigenvalue weighted by molar-refractivity contribution is 9.10. The highest BCUT2D eigenvalue weighted by Crippen LogP contribution is 2.29. The number of aromatic nitrogens is 2. The van der Waals surface area contributed by atoms with Gasteiger partial charge in [0.2, 0.25) is 5.91 Å². The van der Waals surface area contributed by atoms with Crippen LogP contribution in [0.4, 0.5) is 5.69 Å². The highest BCUT2D eigenvalue weighted by Gasteiger charge is 2.28. The number of nitrogens with zero attached hydrogens (tertiary/aromatic N) is 2. The van der Waals surface area contributed by atoms with Gasteiger partial charge in [0.15, 0.2) is 0 Å². The van der Waals surface area contributed by atoms with Gasteiger partial charge in [-0.2, -0.15) is 17.7 Å². The fourth-order valence-electron chi connectivity index (χ4n) is 2.07. The molecule has 3 rings (SSSR count). The fourth-order valence-corrected chi connectivity index (χ4v) is 2.80. The molecular weight excluding hydrogens is 302 g/mol. The maximum atomic E-state index is 11.8. The highest BCUT2D eigenvalue weighted by atomic mass is 79.9. The predicted molar refractivity (Wildman–Crippen MR) is 73.5 cm³/mol. The van der Waals surface area contributed by atoms with Gasteiger partial charge in [0, 0.05) is 29.3 Å². The van der Waals surface area contributed by atoms with Crippen molar-refractivity contribution in [2.24, 2.45) is 0 Å². The van der Waals surface area contributed by atoms with Crippen molar-refractivity contribution in [1.29, 1.82) is 0 Å². The van der Waals surface area contributed by atoms with Crippen molar-refractivity contribution < 1.29 is 4.79 Å². The second-order valence-corrected chi connectivity index (χ2v) is 5.62. The molecule has 2 aromatic rings. The lowest BCUT2D eigenvalue weighted by atomic mass is 10.2. The first-order valence-electron chi connectivity index (χ1n) is 5.27. The molecule has 1 aromatic carbocycles. The molecule has 1 aliphatic heterocycles. The standard InChI is InChI=1S/C11H10BrN3OS/c12-11-8-3-6(1-2-9(8)13-14-11)15-5-7(17)4-10(15)16/h1-3,7,17H,4-5H2,(H,13,14). The van der Waals surface area contributed by atoms with Crippen LogP contribution in [-0.2, 0) is 4.79 Å². The molecule has 1 fully saturated rings. The zero-order valence-electron chi connectivity index (χ0n) is 8.85. The van der Waals surface area contributed by atoms with Crippen molar-refractivity contribution in [1.82, 2.24) is 10.2 Å². The van der Waals surface area contributed by atoms with Gasteiger partial charge in [-0.25, -0.2) is 0 Å². The predicted octanol–water partition coefficient (Wildman–Crippen LogP) is 2.36. The lowest BCUT2D eigenvalue weighted by Crippen LogP contribution is -2.24. The number of anilines is 1. The number of amides is 1. The number of nitrogens with one attached hydrogen (secondary N) is 1. The SMILES string of the molecule is O=C1CC(S)CN1c1ccc2n[nH]c(Br)c2c1. The van der Waals surface area contributed by atoms with Crippen LogP contribution in [0.25, 0.3) is 10.9 Å². The number of hydrogen-bond acceptors (Lipinski definition) is 3. The van der Waals surface area contributed by atoms with E-state index in [0.717, 1.165) is 21.2 Å². The number of carbonyl (C=O) groups is 1. The van der Waals surface area contributed by atoms with Crippen LogP contribution in [0, 0.1) is 0 Å². The van der Waals surface area contributed by atoms with E-state index in [4.69, 9.17) is 0 Å². The largest absolute Gasteiger partial charge is 0.311 e. The molecule has 1 saturated heterocycles. The maximum Gasteiger partial charge on any atom is 0.228 e. The van der Waals surface area contributed by atoms with Gasteiger partial charge in [-0.3, -0.25) is 9.89 Å². The van der Waals surface area contributed by atoms with Crippen LogP contribution in [0.15, 0.2) is 22.8 Å². The molecule has 1 unspecified atom stereocenters. The van der Waals surface area contributed by atoms with E-state index in [9.17, 15) is 4.79 Å². The van der Waals surface area contributed by atoms with E-state index >= 15 is 0 Å². The number of thiol groups is 1. The van der Waals surface area contributed by atoms with E-state index in [0.29, 0.717) is 13.0 Å². The van der Waals surface area contributed by atoms with Crippen LogP contribution in [0.3, 0.4) is 0 Å². The monoisotopic (exact) mass is 311 g/mol. The first-order chi connectivity index (χ1) is 8.15. The third-order valence-electron chi connectivity index (χ3n) is 2.91. The number of H-pyrrole nitrogens is 1. The normalized spacial score (nSPS) is 20.5. The van der Waals surface area contributed by atoms with Crippen LogP contribution >= 0.6 is 28.6 Å². The molecule has 6 heteroatoms. The van der Waals surface area contributed by atoms with Crippen LogP contribution < -0.4 is 4.90 Å². The molecule has 1 N–H and O–H groups in total. The summed E-state index contributed by atoms with van der Waals surface area (Å²) in [6, 6.07) is 5.79. The molecule has 1 amide bonds. The lowest BCUT2D eigenvalue weighted by Gasteiger charge is -2.15. The van der Waals surface area contributed by atoms with Gasteiger partial charge in [0.1, 0.15) is 4.60 Å². The average molecular weight is 312 g/mol. The molecule has 2 heterocycles. The Morgan fingerprint density at radius 2 is 2.35 bits per heavy atom. The molecule has 1 atom stereocenters. The first kappa shape index (κ1) is 11.1. The van der Waals surface area contributed by atoms with Crippen molar-refractivity contribution in [3.63, 3.8) is 0 Å². The molecule has 0 aliphatic carbocycles. The summed E-state index contributed by atoms with van der Waals surface area (Å²) in [5.74, 6) is 0.129. The second kappa shape index (κ2) is 4.03. The summed E-state index contributed by atoms with van der Waals surface area (Å²) in [5.41, 5.74) is 1.79. The number of rotatable bonds is 1. The van der Waals surface area contributed by atoms with Crippen LogP contribution in [0.1, 0.15) is 6.42 Å². The van der Waals surface area contributed by atoms with Gasteiger partial charge in [0.05, 0.1) is 5.52 Å². The zero-order valence-corrected chi connectivity index (χ0v) is 11.3. The number of benzene rings is 1. The average Bonchev–Trinajstić information content (AvgIpc) is 2.83. The molecule has 1 aromatic heterocycles. The Labute approximate surface area is 112 Å². The first-order valence-corrected chi connectivity index (χ1v) is 6.58. The summed E-state index contributed by atoms with van der Waals surface area (Å²) >= 11 is 7.75. The van der Waals surface area contributed by atoms with Crippen molar-refractivity contribution >= 4 is 51.1 Å². The maximum absolute atomic E-state index is 11.8. The second-order valence-electron chi connectivity index (χ2n) is 4.10. The minimum atomic E-state index is 0.129. The Kier molecular flexibility index (Phi) is 2.63. The Morgan fingerprint density at radius 1 is 1.53 bits per heavy atom. The summed E-state index contributed by atoms with van der Waals surface area (Å²) in [5, 5.41) is 8.11. The summed E-state index contributed by atoms with van der Waals surface area (Å²) in [4.78, 5) is 13.6. The molecule has 0 saturated carbocycles. The Morgan fingerprint density at radius 3 is 3.06 bits per heavy atom. The van der Waals surface area contributed by atoms with Crippen molar-refractivity contribution in [3.8, 4) is 0 Å². The van der Waals surface area contributed by atoms with Crippen molar-refractivity contribution in [2.45, 2.75) is 11.7 Å². The fraction of sp³-hybridized carbons (Fsp3) is 0.273. The smallest absolute Gasteiger partial charge is 0.228 e. The summed E-state index contributed by atoms with van der Waals surface area (Å²) in [6.07, 6.45) is 0.508. The Bertz CT molecular complexity index is 597. The number of fused-ring (bicyclic) bond motifs is 1. The summed E-state index contributed by atoms with van der Waals surface area (Å²) in [6.45, 7) is 0.670. The van der Waals surface area contributed by atoms with Crippen molar-refractivity contribution in [2.75, 3.05) is 11.4 Å². The van der Waals surface area contributed by atoms with Crippen LogP contribution in [0.5, 0.6) is 0 Å². The van der Waals surface area contributed by atoms with Crippen molar-refractivity contribution in [3.05, 3.63) is 22.8 Å². The van der Waals surface area contributed by atoms with Gasteiger partial charge in [-0.05, 0) is 34.1 Å².